The van der Waals surface area contributed by atoms with Gasteiger partial charge in [0.1, 0.15) is 5.82 Å². The van der Waals surface area contributed by atoms with Crippen molar-refractivity contribution in [3.05, 3.63) is 36.4 Å². The molecule has 0 aliphatic carbocycles. The quantitative estimate of drug-likeness (QED) is 0.772. The van der Waals surface area contributed by atoms with E-state index in [1.807, 2.05) is 12.1 Å². The van der Waals surface area contributed by atoms with Crippen LogP contribution < -0.4 is 0 Å². The van der Waals surface area contributed by atoms with Crippen LogP contribution in [0, 0.1) is 0 Å². The molecule has 0 amide bonds. The largest absolute Gasteiger partial charge is 0.469 e. The first-order valence-corrected chi connectivity index (χ1v) is 6.35. The molecule has 98 valence electrons. The normalized spacial score (nSPS) is 17.8. The molecule has 0 aromatic carbocycles. The predicted octanol–water partition coefficient (Wildman–Crippen LogP) is 2.00. The zero-order valence-corrected chi connectivity index (χ0v) is 10.7. The first-order chi connectivity index (χ1) is 9.31. The van der Waals surface area contributed by atoms with Gasteiger partial charge in [0.15, 0.2) is 0 Å². The number of hydrogen-bond acceptors (Lipinski definition) is 4. The fraction of sp³-hybridized carbons (Fsp3) is 0.357. The van der Waals surface area contributed by atoms with Crippen LogP contribution in [0.3, 0.4) is 0 Å². The van der Waals surface area contributed by atoms with Gasteiger partial charge in [-0.2, -0.15) is 0 Å². The molecule has 1 aliphatic heterocycles. The molecule has 0 spiro atoms. The Hall–Kier alpha value is -2.17. The van der Waals surface area contributed by atoms with Crippen LogP contribution in [0.4, 0.5) is 0 Å². The molecule has 5 nitrogen and oxygen atoms in total. The SMILES string of the molecule is COC(=O)C1CCCn2c1cnc2-c1ccncc1. The summed E-state index contributed by atoms with van der Waals surface area (Å²) in [6.45, 7) is 0.889. The summed E-state index contributed by atoms with van der Waals surface area (Å²) in [6, 6.07) is 3.86. The first-order valence-electron chi connectivity index (χ1n) is 6.35. The van der Waals surface area contributed by atoms with E-state index in [1.54, 1.807) is 18.6 Å². The van der Waals surface area contributed by atoms with E-state index in [9.17, 15) is 4.79 Å². The average Bonchev–Trinajstić information content (AvgIpc) is 2.91. The Balaban J connectivity index is 2.03. The summed E-state index contributed by atoms with van der Waals surface area (Å²) in [5.74, 6) is 0.523. The molecule has 1 unspecified atom stereocenters. The Kier molecular flexibility index (Phi) is 3.03. The standard InChI is InChI=1S/C14H15N3O2/c1-19-14(18)11-3-2-8-17-12(11)9-16-13(17)10-4-6-15-7-5-10/h4-7,9,11H,2-3,8H2,1H3. The number of imidazole rings is 1. The van der Waals surface area contributed by atoms with Gasteiger partial charge in [0.05, 0.1) is 18.7 Å². The number of carbonyl (C=O) groups excluding carboxylic acids is 1. The van der Waals surface area contributed by atoms with E-state index in [1.165, 1.54) is 7.11 Å². The highest BCUT2D eigenvalue weighted by Crippen LogP contribution is 2.32. The molecule has 0 radical (unpaired) electrons. The zero-order chi connectivity index (χ0) is 13.2. The molecule has 0 fully saturated rings. The highest BCUT2D eigenvalue weighted by Gasteiger charge is 2.29. The van der Waals surface area contributed by atoms with Crippen molar-refractivity contribution in [2.45, 2.75) is 25.3 Å². The second kappa shape index (κ2) is 4.84. The summed E-state index contributed by atoms with van der Waals surface area (Å²) in [6.07, 6.45) is 7.07. The lowest BCUT2D eigenvalue weighted by atomic mass is 9.96. The third-order valence-electron chi connectivity index (χ3n) is 3.54. The van der Waals surface area contributed by atoms with Crippen molar-refractivity contribution in [3.63, 3.8) is 0 Å². The average molecular weight is 257 g/mol. The van der Waals surface area contributed by atoms with Crippen molar-refractivity contribution in [2.24, 2.45) is 0 Å². The lowest BCUT2D eigenvalue weighted by Crippen LogP contribution is -2.23. The van der Waals surface area contributed by atoms with Gasteiger partial charge in [-0.25, -0.2) is 4.98 Å². The van der Waals surface area contributed by atoms with E-state index in [0.717, 1.165) is 36.5 Å². The van der Waals surface area contributed by atoms with Gasteiger partial charge in [0.25, 0.3) is 0 Å². The summed E-state index contributed by atoms with van der Waals surface area (Å²) < 4.78 is 6.98. The van der Waals surface area contributed by atoms with Crippen molar-refractivity contribution < 1.29 is 9.53 Å². The number of rotatable bonds is 2. The molecule has 2 aromatic heterocycles. The van der Waals surface area contributed by atoms with E-state index in [-0.39, 0.29) is 11.9 Å². The smallest absolute Gasteiger partial charge is 0.314 e. The minimum atomic E-state index is -0.193. The molecule has 3 rings (SSSR count). The van der Waals surface area contributed by atoms with E-state index < -0.39 is 0 Å². The van der Waals surface area contributed by atoms with Gasteiger partial charge in [-0.15, -0.1) is 0 Å². The van der Waals surface area contributed by atoms with Gasteiger partial charge in [0.2, 0.25) is 0 Å². The maximum absolute atomic E-state index is 11.8. The number of fused-ring (bicyclic) bond motifs is 1. The summed E-state index contributed by atoms with van der Waals surface area (Å²) in [4.78, 5) is 20.3. The minimum Gasteiger partial charge on any atom is -0.469 e. The molecular formula is C14H15N3O2. The van der Waals surface area contributed by atoms with Crippen molar-refractivity contribution in [3.8, 4) is 11.4 Å². The number of aromatic nitrogens is 3. The highest BCUT2D eigenvalue weighted by atomic mass is 16.5. The van der Waals surface area contributed by atoms with Crippen LogP contribution in [-0.4, -0.2) is 27.6 Å². The van der Waals surface area contributed by atoms with Crippen LogP contribution in [0.15, 0.2) is 30.7 Å². The number of ether oxygens (including phenoxy) is 1. The molecule has 5 heteroatoms. The van der Waals surface area contributed by atoms with E-state index in [4.69, 9.17) is 4.74 Å². The van der Waals surface area contributed by atoms with Crippen molar-refractivity contribution >= 4 is 5.97 Å². The first kappa shape index (κ1) is 11.9. The molecule has 1 atom stereocenters. The molecule has 3 heterocycles. The molecule has 0 saturated carbocycles. The second-order valence-electron chi connectivity index (χ2n) is 4.61. The van der Waals surface area contributed by atoms with Gasteiger partial charge < -0.3 is 9.30 Å². The molecule has 0 N–H and O–H groups in total. The Bertz CT molecular complexity index is 592. The molecular weight excluding hydrogens is 242 g/mol. The monoisotopic (exact) mass is 257 g/mol. The maximum Gasteiger partial charge on any atom is 0.314 e. The predicted molar refractivity (Wildman–Crippen MR) is 69.4 cm³/mol. The summed E-state index contributed by atoms with van der Waals surface area (Å²) in [5.41, 5.74) is 1.97. The number of nitrogens with zero attached hydrogens (tertiary/aromatic N) is 3. The van der Waals surface area contributed by atoms with Crippen LogP contribution in [-0.2, 0) is 16.1 Å². The molecule has 19 heavy (non-hydrogen) atoms. The lowest BCUT2D eigenvalue weighted by Gasteiger charge is -2.23. The number of esters is 1. The van der Waals surface area contributed by atoms with Gasteiger partial charge in [0, 0.05) is 30.7 Å². The molecule has 0 bridgehead atoms. The van der Waals surface area contributed by atoms with Crippen LogP contribution in [0.1, 0.15) is 24.5 Å². The van der Waals surface area contributed by atoms with Crippen molar-refractivity contribution in [1.29, 1.82) is 0 Å². The van der Waals surface area contributed by atoms with Crippen molar-refractivity contribution in [1.82, 2.24) is 14.5 Å². The minimum absolute atomic E-state index is 0.179. The fourth-order valence-electron chi connectivity index (χ4n) is 2.62. The van der Waals surface area contributed by atoms with E-state index in [2.05, 4.69) is 14.5 Å². The van der Waals surface area contributed by atoms with Crippen LogP contribution in [0.5, 0.6) is 0 Å². The molecule has 0 saturated heterocycles. The third kappa shape index (κ3) is 2.01. The second-order valence-corrected chi connectivity index (χ2v) is 4.61. The van der Waals surface area contributed by atoms with Gasteiger partial charge in [-0.05, 0) is 25.0 Å². The Morgan fingerprint density at radius 3 is 2.95 bits per heavy atom. The van der Waals surface area contributed by atoms with E-state index >= 15 is 0 Å². The van der Waals surface area contributed by atoms with Crippen LogP contribution in [0.2, 0.25) is 0 Å². The number of carbonyl (C=O) groups is 1. The topological polar surface area (TPSA) is 57.0 Å². The third-order valence-corrected chi connectivity index (χ3v) is 3.54. The van der Waals surface area contributed by atoms with Crippen LogP contribution >= 0.6 is 0 Å². The maximum atomic E-state index is 11.8. The summed E-state index contributed by atoms with van der Waals surface area (Å²) in [5, 5.41) is 0. The highest BCUT2D eigenvalue weighted by molar-refractivity contribution is 5.78. The Morgan fingerprint density at radius 1 is 1.42 bits per heavy atom. The van der Waals surface area contributed by atoms with Crippen molar-refractivity contribution in [2.75, 3.05) is 7.11 Å². The van der Waals surface area contributed by atoms with Crippen LogP contribution in [0.25, 0.3) is 11.4 Å². The Morgan fingerprint density at radius 2 is 2.21 bits per heavy atom. The molecule has 1 aliphatic rings. The number of hydrogen-bond donors (Lipinski definition) is 0. The fourth-order valence-corrected chi connectivity index (χ4v) is 2.62. The lowest BCUT2D eigenvalue weighted by molar-refractivity contribution is -0.143. The Labute approximate surface area is 111 Å². The van der Waals surface area contributed by atoms with Gasteiger partial charge in [-0.3, -0.25) is 9.78 Å². The van der Waals surface area contributed by atoms with Gasteiger partial charge in [-0.1, -0.05) is 0 Å². The van der Waals surface area contributed by atoms with Gasteiger partial charge >= 0.3 is 5.97 Å². The zero-order valence-electron chi connectivity index (χ0n) is 10.7. The molecule has 2 aromatic rings. The summed E-state index contributed by atoms with van der Waals surface area (Å²) >= 11 is 0. The summed E-state index contributed by atoms with van der Waals surface area (Å²) in [7, 11) is 1.43. The number of pyridine rings is 1. The van der Waals surface area contributed by atoms with E-state index in [0.29, 0.717) is 0 Å². The number of methoxy groups -OCH3 is 1.